The smallest absolute Gasteiger partial charge is 0.168 e. The van der Waals surface area contributed by atoms with E-state index in [2.05, 4.69) is 0 Å². The maximum atomic E-state index is 13.3. The van der Waals surface area contributed by atoms with E-state index in [-0.39, 0.29) is 24.5 Å². The van der Waals surface area contributed by atoms with Crippen LogP contribution in [-0.4, -0.2) is 18.3 Å². The first kappa shape index (κ1) is 11.9. The third-order valence-corrected chi connectivity index (χ3v) is 1.91. The second-order valence-corrected chi connectivity index (χ2v) is 2.99. The summed E-state index contributed by atoms with van der Waals surface area (Å²) in [5.74, 6) is -1.74. The molecule has 1 aromatic carbocycles. The highest BCUT2D eigenvalue weighted by Crippen LogP contribution is 2.29. The van der Waals surface area contributed by atoms with Gasteiger partial charge in [-0.25, -0.2) is 8.78 Å². The summed E-state index contributed by atoms with van der Waals surface area (Å²) in [7, 11) is 0. The first-order chi connectivity index (χ1) is 7.10. The molecule has 15 heavy (non-hydrogen) atoms. The maximum absolute atomic E-state index is 13.3. The van der Waals surface area contributed by atoms with E-state index >= 15 is 0 Å². The minimum atomic E-state index is -1.13. The molecular weight excluding hydrogens is 204 g/mol. The summed E-state index contributed by atoms with van der Waals surface area (Å²) in [5, 5.41) is 9.45. The molecule has 0 radical (unpaired) electrons. The first-order valence-corrected chi connectivity index (χ1v) is 4.60. The fourth-order valence-electron chi connectivity index (χ4n) is 1.25. The quantitative estimate of drug-likeness (QED) is 0.800. The molecule has 0 heterocycles. The third-order valence-electron chi connectivity index (χ3n) is 1.91. The Kier molecular flexibility index (Phi) is 3.99. The first-order valence-electron chi connectivity index (χ1n) is 4.60. The van der Waals surface area contributed by atoms with Crippen molar-refractivity contribution in [3.05, 3.63) is 29.3 Å². The van der Waals surface area contributed by atoms with Crippen molar-refractivity contribution in [2.75, 3.05) is 13.2 Å². The molecule has 1 aromatic rings. The predicted molar refractivity (Wildman–Crippen MR) is 51.5 cm³/mol. The van der Waals surface area contributed by atoms with Crippen molar-refractivity contribution in [1.82, 2.24) is 0 Å². The zero-order valence-electron chi connectivity index (χ0n) is 8.34. The van der Waals surface area contributed by atoms with Gasteiger partial charge in [0.15, 0.2) is 11.6 Å². The highest BCUT2D eigenvalue weighted by atomic mass is 19.1. The molecule has 0 spiro atoms. The largest absolute Gasteiger partial charge is 0.490 e. The van der Waals surface area contributed by atoms with Gasteiger partial charge in [0.05, 0.1) is 12.7 Å². The number of benzene rings is 1. The summed E-state index contributed by atoms with van der Waals surface area (Å²) < 4.78 is 31.2. The van der Waals surface area contributed by atoms with Crippen LogP contribution >= 0.6 is 0 Å². The van der Waals surface area contributed by atoms with E-state index in [1.807, 2.05) is 0 Å². The van der Waals surface area contributed by atoms with Crippen LogP contribution in [0.3, 0.4) is 0 Å². The van der Waals surface area contributed by atoms with Crippen LogP contribution in [0, 0.1) is 11.6 Å². The van der Waals surface area contributed by atoms with E-state index in [0.29, 0.717) is 6.07 Å². The lowest BCUT2D eigenvalue weighted by Gasteiger charge is -2.14. The van der Waals surface area contributed by atoms with Crippen LogP contribution < -0.4 is 10.5 Å². The van der Waals surface area contributed by atoms with Gasteiger partial charge in [0, 0.05) is 18.2 Å². The van der Waals surface area contributed by atoms with Crippen LogP contribution in [0.15, 0.2) is 12.1 Å². The number of rotatable bonds is 4. The van der Waals surface area contributed by atoms with Crippen LogP contribution in [-0.2, 0) is 0 Å². The van der Waals surface area contributed by atoms with Gasteiger partial charge < -0.3 is 15.6 Å². The van der Waals surface area contributed by atoms with Crippen LogP contribution in [0.25, 0.3) is 0 Å². The van der Waals surface area contributed by atoms with Crippen LogP contribution in [0.2, 0.25) is 0 Å². The molecule has 5 heteroatoms. The number of ether oxygens (including phenoxy) is 1. The minimum absolute atomic E-state index is 0.0388. The molecule has 1 atom stereocenters. The van der Waals surface area contributed by atoms with Gasteiger partial charge in [-0.2, -0.15) is 0 Å². The minimum Gasteiger partial charge on any atom is -0.490 e. The van der Waals surface area contributed by atoms with Crippen molar-refractivity contribution >= 4 is 0 Å². The molecule has 0 saturated carbocycles. The third kappa shape index (κ3) is 2.64. The van der Waals surface area contributed by atoms with Crippen molar-refractivity contribution in [2.45, 2.75) is 13.0 Å². The molecule has 0 aliphatic rings. The molecule has 84 valence electrons. The highest BCUT2D eigenvalue weighted by Gasteiger charge is 2.17. The Labute approximate surface area is 86.5 Å². The number of nitrogens with two attached hydrogens (primary N) is 1. The van der Waals surface area contributed by atoms with E-state index in [1.54, 1.807) is 6.92 Å². The topological polar surface area (TPSA) is 55.5 Å². The van der Waals surface area contributed by atoms with E-state index in [0.717, 1.165) is 6.07 Å². The number of aliphatic hydroxyl groups is 1. The molecule has 0 fully saturated rings. The lowest BCUT2D eigenvalue weighted by molar-refractivity contribution is 0.178. The summed E-state index contributed by atoms with van der Waals surface area (Å²) in [5.41, 5.74) is 5.26. The molecule has 0 saturated heterocycles. The Morgan fingerprint density at radius 2 is 2.13 bits per heavy atom. The normalized spacial score (nSPS) is 12.6. The fraction of sp³-hybridized carbons (Fsp3) is 0.400. The van der Waals surface area contributed by atoms with Crippen molar-refractivity contribution in [3.8, 4) is 5.75 Å². The van der Waals surface area contributed by atoms with Crippen LogP contribution in [0.5, 0.6) is 5.75 Å². The van der Waals surface area contributed by atoms with Crippen molar-refractivity contribution in [2.24, 2.45) is 5.73 Å². The zero-order chi connectivity index (χ0) is 11.4. The van der Waals surface area contributed by atoms with E-state index in [9.17, 15) is 13.9 Å². The lowest BCUT2D eigenvalue weighted by atomic mass is 10.1. The van der Waals surface area contributed by atoms with E-state index in [4.69, 9.17) is 10.5 Å². The molecule has 3 N–H and O–H groups in total. The fourth-order valence-corrected chi connectivity index (χ4v) is 1.25. The molecule has 0 aliphatic carbocycles. The van der Waals surface area contributed by atoms with Gasteiger partial charge in [-0.15, -0.1) is 0 Å². The number of halogens is 2. The Morgan fingerprint density at radius 3 is 2.67 bits per heavy atom. The van der Waals surface area contributed by atoms with Crippen molar-refractivity contribution < 1.29 is 18.6 Å². The standard InChI is InChI=1S/C10H13F2NO2/c1-2-15-10-7(9(14)5-13)3-6(11)4-8(10)12/h3-4,9,14H,2,5,13H2,1H3. The second kappa shape index (κ2) is 5.04. The van der Waals surface area contributed by atoms with Gasteiger partial charge in [0.1, 0.15) is 5.82 Å². The summed E-state index contributed by atoms with van der Waals surface area (Å²) >= 11 is 0. The number of aliphatic hydroxyl groups excluding tert-OH is 1. The average Bonchev–Trinajstić information content (AvgIpc) is 2.20. The molecular formula is C10H13F2NO2. The monoisotopic (exact) mass is 217 g/mol. The van der Waals surface area contributed by atoms with E-state index in [1.165, 1.54) is 0 Å². The molecule has 0 aromatic heterocycles. The second-order valence-electron chi connectivity index (χ2n) is 2.99. The van der Waals surface area contributed by atoms with Crippen molar-refractivity contribution in [3.63, 3.8) is 0 Å². The van der Waals surface area contributed by atoms with Gasteiger partial charge >= 0.3 is 0 Å². The van der Waals surface area contributed by atoms with Crippen molar-refractivity contribution in [1.29, 1.82) is 0 Å². The number of hydrogen-bond acceptors (Lipinski definition) is 3. The van der Waals surface area contributed by atoms with Crippen LogP contribution in [0.1, 0.15) is 18.6 Å². The maximum Gasteiger partial charge on any atom is 0.168 e. The summed E-state index contributed by atoms with van der Waals surface area (Å²) in [6.45, 7) is 1.78. The molecule has 0 bridgehead atoms. The van der Waals surface area contributed by atoms with E-state index < -0.39 is 17.7 Å². The lowest BCUT2D eigenvalue weighted by Crippen LogP contribution is -2.14. The van der Waals surface area contributed by atoms with Gasteiger partial charge in [-0.3, -0.25) is 0 Å². The van der Waals surface area contributed by atoms with Gasteiger partial charge in [-0.05, 0) is 13.0 Å². The number of hydrogen-bond donors (Lipinski definition) is 2. The highest BCUT2D eigenvalue weighted by molar-refractivity contribution is 5.37. The van der Waals surface area contributed by atoms with Gasteiger partial charge in [-0.1, -0.05) is 0 Å². The van der Waals surface area contributed by atoms with Gasteiger partial charge in [0.25, 0.3) is 0 Å². The summed E-state index contributed by atoms with van der Waals surface area (Å²) in [4.78, 5) is 0. The summed E-state index contributed by atoms with van der Waals surface area (Å²) in [6.07, 6.45) is -1.13. The molecule has 1 unspecified atom stereocenters. The Morgan fingerprint density at radius 1 is 1.47 bits per heavy atom. The molecule has 0 aliphatic heterocycles. The Balaban J connectivity index is 3.20. The van der Waals surface area contributed by atoms with Crippen LogP contribution in [0.4, 0.5) is 8.78 Å². The summed E-state index contributed by atoms with van der Waals surface area (Å²) in [6, 6.07) is 1.73. The van der Waals surface area contributed by atoms with Gasteiger partial charge in [0.2, 0.25) is 0 Å². The SMILES string of the molecule is CCOc1c(F)cc(F)cc1C(O)CN. The molecule has 0 amide bonds. The predicted octanol–water partition coefficient (Wildman–Crippen LogP) is 1.36. The Hall–Kier alpha value is -1.20. The molecule has 3 nitrogen and oxygen atoms in total. The molecule has 1 rings (SSSR count). The zero-order valence-corrected chi connectivity index (χ0v) is 8.34. The average molecular weight is 217 g/mol. The Bertz CT molecular complexity index is 344.